The molecule has 0 saturated heterocycles. The second-order valence-electron chi connectivity index (χ2n) is 7.24. The van der Waals surface area contributed by atoms with Crippen molar-refractivity contribution in [3.05, 3.63) is 81.9 Å². The Hall–Kier alpha value is -3.45. The van der Waals surface area contributed by atoms with Gasteiger partial charge in [-0.2, -0.15) is 9.50 Å². The highest BCUT2D eigenvalue weighted by Gasteiger charge is 2.22. The average Bonchev–Trinajstić information content (AvgIpc) is 3.18. The maximum atomic E-state index is 13.5. The monoisotopic (exact) mass is 435 g/mol. The van der Waals surface area contributed by atoms with E-state index in [1.165, 1.54) is 0 Å². The summed E-state index contributed by atoms with van der Waals surface area (Å²) in [6.45, 7) is 5.79. The van der Waals surface area contributed by atoms with E-state index in [0.717, 1.165) is 11.3 Å². The predicted octanol–water partition coefficient (Wildman–Crippen LogP) is 4.56. The zero-order valence-electron chi connectivity index (χ0n) is 17.8. The van der Waals surface area contributed by atoms with Crippen LogP contribution in [0, 0.1) is 20.8 Å². The number of rotatable bonds is 5. The van der Waals surface area contributed by atoms with Gasteiger partial charge in [0.25, 0.3) is 11.7 Å². The highest BCUT2D eigenvalue weighted by Crippen LogP contribution is 2.24. The molecule has 4 aromatic rings. The lowest BCUT2D eigenvalue weighted by Gasteiger charge is -2.22. The van der Waals surface area contributed by atoms with Gasteiger partial charge in [-0.05, 0) is 56.7 Å². The number of aryl methyl sites for hydroxylation is 3. The number of hydrogen-bond donors (Lipinski definition) is 0. The second kappa shape index (κ2) is 8.35. The van der Waals surface area contributed by atoms with Crippen molar-refractivity contribution >= 4 is 29.0 Å². The van der Waals surface area contributed by atoms with Crippen molar-refractivity contribution in [3.63, 3.8) is 0 Å². The number of methoxy groups -OCH3 is 1. The number of benzene rings is 2. The van der Waals surface area contributed by atoms with E-state index in [0.29, 0.717) is 39.3 Å². The van der Waals surface area contributed by atoms with Crippen LogP contribution in [0.3, 0.4) is 0 Å². The number of anilines is 1. The summed E-state index contributed by atoms with van der Waals surface area (Å²) in [6, 6.07) is 14.8. The molecule has 8 heteroatoms. The Morgan fingerprint density at radius 2 is 1.77 bits per heavy atom. The van der Waals surface area contributed by atoms with Gasteiger partial charge in [-0.3, -0.25) is 4.79 Å². The normalized spacial score (nSPS) is 11.0. The molecule has 31 heavy (non-hydrogen) atoms. The van der Waals surface area contributed by atoms with Crippen molar-refractivity contribution in [1.29, 1.82) is 0 Å². The van der Waals surface area contributed by atoms with Gasteiger partial charge in [0.1, 0.15) is 5.75 Å². The van der Waals surface area contributed by atoms with Crippen molar-refractivity contribution in [2.75, 3.05) is 12.0 Å². The van der Waals surface area contributed by atoms with Gasteiger partial charge < -0.3 is 9.64 Å². The predicted molar refractivity (Wildman–Crippen MR) is 120 cm³/mol. The summed E-state index contributed by atoms with van der Waals surface area (Å²) in [5, 5.41) is 5.10. The number of hydrogen-bond acceptors (Lipinski definition) is 5. The van der Waals surface area contributed by atoms with E-state index >= 15 is 0 Å². The van der Waals surface area contributed by atoms with Gasteiger partial charge in [0, 0.05) is 11.3 Å². The minimum absolute atomic E-state index is 0.138. The Morgan fingerprint density at radius 1 is 1.06 bits per heavy atom. The van der Waals surface area contributed by atoms with Crippen LogP contribution in [0.1, 0.15) is 33.1 Å². The number of amides is 1. The SMILES string of the molecule is COc1ccc(N(Cc2nc3nc(C)c(Cl)c(C)n3n2)C(=O)c2ccccc2C)cc1. The average molecular weight is 436 g/mol. The Kier molecular flexibility index (Phi) is 5.61. The summed E-state index contributed by atoms with van der Waals surface area (Å²) in [7, 11) is 1.61. The van der Waals surface area contributed by atoms with Gasteiger partial charge in [0.15, 0.2) is 5.82 Å². The summed E-state index contributed by atoms with van der Waals surface area (Å²) in [5.41, 5.74) is 3.67. The maximum Gasteiger partial charge on any atom is 0.258 e. The topological polar surface area (TPSA) is 72.6 Å². The van der Waals surface area contributed by atoms with Crippen LogP contribution in [0.25, 0.3) is 5.78 Å². The van der Waals surface area contributed by atoms with Gasteiger partial charge in [-0.1, -0.05) is 29.8 Å². The number of fused-ring (bicyclic) bond motifs is 1. The lowest BCUT2D eigenvalue weighted by molar-refractivity contribution is 0.0984. The van der Waals surface area contributed by atoms with E-state index < -0.39 is 0 Å². The zero-order valence-corrected chi connectivity index (χ0v) is 18.5. The van der Waals surface area contributed by atoms with E-state index in [9.17, 15) is 4.79 Å². The molecule has 0 spiro atoms. The molecule has 4 rings (SSSR count). The largest absolute Gasteiger partial charge is 0.497 e. The van der Waals surface area contributed by atoms with E-state index in [2.05, 4.69) is 15.1 Å². The first-order valence-corrected chi connectivity index (χ1v) is 10.2. The number of nitrogens with zero attached hydrogens (tertiary/aromatic N) is 5. The fourth-order valence-electron chi connectivity index (χ4n) is 3.41. The molecule has 0 unspecified atom stereocenters. The first-order valence-electron chi connectivity index (χ1n) is 9.79. The molecule has 2 aromatic heterocycles. The second-order valence-corrected chi connectivity index (χ2v) is 7.62. The summed E-state index contributed by atoms with van der Waals surface area (Å²) >= 11 is 6.32. The third kappa shape index (κ3) is 3.96. The minimum Gasteiger partial charge on any atom is -0.497 e. The number of aromatic nitrogens is 4. The number of ether oxygens (including phenoxy) is 1. The van der Waals surface area contributed by atoms with Gasteiger partial charge in [0.05, 0.1) is 30.1 Å². The highest BCUT2D eigenvalue weighted by atomic mass is 35.5. The molecule has 1 amide bonds. The molecule has 7 nitrogen and oxygen atoms in total. The quantitative estimate of drug-likeness (QED) is 0.459. The van der Waals surface area contributed by atoms with E-state index in [-0.39, 0.29) is 12.5 Å². The number of halogens is 1. The molecule has 0 fully saturated rings. The molecular formula is C23H22ClN5O2. The van der Waals surface area contributed by atoms with Crippen molar-refractivity contribution < 1.29 is 9.53 Å². The lowest BCUT2D eigenvalue weighted by atomic mass is 10.1. The van der Waals surface area contributed by atoms with E-state index in [1.54, 1.807) is 16.5 Å². The standard InChI is InChI=1S/C23H22ClN5O2/c1-14-7-5-6-8-19(14)22(30)28(17-9-11-18(31-4)12-10-17)13-20-26-23-25-15(2)21(24)16(3)29(23)27-20/h5-12H,13H2,1-4H3. The number of carbonyl (C=O) groups excluding carboxylic acids is 1. The molecule has 0 aliphatic carbocycles. The molecular weight excluding hydrogens is 414 g/mol. The van der Waals surface area contributed by atoms with Crippen LogP contribution in [-0.2, 0) is 6.54 Å². The zero-order chi connectivity index (χ0) is 22.1. The van der Waals surface area contributed by atoms with Crippen molar-refractivity contribution in [2.24, 2.45) is 0 Å². The van der Waals surface area contributed by atoms with Crippen LogP contribution in [0.15, 0.2) is 48.5 Å². The van der Waals surface area contributed by atoms with Crippen molar-refractivity contribution in [3.8, 4) is 5.75 Å². The molecule has 0 saturated carbocycles. The molecule has 0 aliphatic rings. The fraction of sp³-hybridized carbons (Fsp3) is 0.217. The fourth-order valence-corrected chi connectivity index (χ4v) is 3.53. The summed E-state index contributed by atoms with van der Waals surface area (Å²) in [5.74, 6) is 1.49. The summed E-state index contributed by atoms with van der Waals surface area (Å²) in [4.78, 5) is 24.1. The molecule has 0 aliphatic heterocycles. The van der Waals surface area contributed by atoms with E-state index in [4.69, 9.17) is 16.3 Å². The molecule has 0 N–H and O–H groups in total. The van der Waals surface area contributed by atoms with Gasteiger partial charge in [0.2, 0.25) is 0 Å². The van der Waals surface area contributed by atoms with Crippen LogP contribution >= 0.6 is 11.6 Å². The van der Waals surface area contributed by atoms with Crippen molar-refractivity contribution in [1.82, 2.24) is 19.6 Å². The molecule has 0 atom stereocenters. The smallest absolute Gasteiger partial charge is 0.258 e. The maximum absolute atomic E-state index is 13.5. The Labute approximate surface area is 185 Å². The molecule has 2 heterocycles. The van der Waals surface area contributed by atoms with E-state index in [1.807, 2.05) is 69.3 Å². The first-order chi connectivity index (χ1) is 14.9. The highest BCUT2D eigenvalue weighted by molar-refractivity contribution is 6.31. The van der Waals surface area contributed by atoms with Crippen LogP contribution < -0.4 is 9.64 Å². The number of carbonyl (C=O) groups is 1. The van der Waals surface area contributed by atoms with Gasteiger partial charge in [-0.25, -0.2) is 4.98 Å². The molecule has 0 bridgehead atoms. The van der Waals surface area contributed by atoms with Gasteiger partial charge in [-0.15, -0.1) is 5.10 Å². The van der Waals surface area contributed by atoms with Crippen molar-refractivity contribution in [2.45, 2.75) is 27.3 Å². The van der Waals surface area contributed by atoms with Crippen LogP contribution in [-0.4, -0.2) is 32.6 Å². The molecule has 158 valence electrons. The first kappa shape index (κ1) is 20.8. The van der Waals surface area contributed by atoms with Crippen LogP contribution in [0.4, 0.5) is 5.69 Å². The summed E-state index contributed by atoms with van der Waals surface area (Å²) in [6.07, 6.45) is 0. The van der Waals surface area contributed by atoms with Gasteiger partial charge >= 0.3 is 0 Å². The third-order valence-corrected chi connectivity index (χ3v) is 5.71. The molecule has 0 radical (unpaired) electrons. The van der Waals surface area contributed by atoms with Crippen LogP contribution in [0.5, 0.6) is 5.75 Å². The Balaban J connectivity index is 1.77. The third-order valence-electron chi connectivity index (χ3n) is 5.16. The Bertz CT molecular complexity index is 1270. The minimum atomic E-state index is -0.138. The lowest BCUT2D eigenvalue weighted by Crippen LogP contribution is -2.31. The van der Waals surface area contributed by atoms with Crippen LogP contribution in [0.2, 0.25) is 5.02 Å². The summed E-state index contributed by atoms with van der Waals surface area (Å²) < 4.78 is 6.86. The Morgan fingerprint density at radius 3 is 2.45 bits per heavy atom. The molecule has 2 aromatic carbocycles.